The molecule has 1 N–H and O–H groups in total. The monoisotopic (exact) mass is 400 g/mol. The van der Waals surface area contributed by atoms with Crippen LogP contribution in [0.4, 0.5) is 24.9 Å². The molecule has 2 unspecified atom stereocenters. The summed E-state index contributed by atoms with van der Waals surface area (Å²) in [6.45, 7) is 1.16. The summed E-state index contributed by atoms with van der Waals surface area (Å²) < 4.78 is 48.0. The van der Waals surface area contributed by atoms with E-state index in [1.54, 1.807) is 0 Å². The number of anilines is 2. The lowest BCUT2D eigenvalue weighted by molar-refractivity contribution is -0.153. The Balaban J connectivity index is 1.51. The van der Waals surface area contributed by atoms with Crippen LogP contribution in [0.2, 0.25) is 0 Å². The highest BCUT2D eigenvalue weighted by molar-refractivity contribution is 5.49. The van der Waals surface area contributed by atoms with Crippen molar-refractivity contribution in [2.75, 3.05) is 29.5 Å². The standard InChI is InChI=1S/C18H23F3N4O3/c19-18(20,21)13-1-5-24-15(26)8-14(25-9-12-7-11(25)10-28-12)22-16(24)23(13)6-4-17(27)2-3-17/h8,11-13,27H,1-7,9-10H2/t11?,12?,13-/m0/s1. The van der Waals surface area contributed by atoms with Crippen molar-refractivity contribution in [2.24, 2.45) is 0 Å². The zero-order chi connectivity index (χ0) is 19.7. The van der Waals surface area contributed by atoms with Crippen molar-refractivity contribution in [1.29, 1.82) is 0 Å². The van der Waals surface area contributed by atoms with E-state index in [4.69, 9.17) is 4.74 Å². The zero-order valence-corrected chi connectivity index (χ0v) is 15.4. The average molecular weight is 400 g/mol. The third kappa shape index (κ3) is 3.06. The van der Waals surface area contributed by atoms with Crippen LogP contribution in [0, 0.1) is 0 Å². The molecule has 1 saturated carbocycles. The molecular weight excluding hydrogens is 377 g/mol. The topological polar surface area (TPSA) is 70.8 Å². The van der Waals surface area contributed by atoms with Crippen LogP contribution in [0.3, 0.4) is 0 Å². The summed E-state index contributed by atoms with van der Waals surface area (Å²) in [5.74, 6) is 0.481. The second-order valence-electron chi connectivity index (χ2n) is 8.42. The minimum absolute atomic E-state index is 0.0123. The van der Waals surface area contributed by atoms with Gasteiger partial charge in [-0.2, -0.15) is 18.2 Å². The molecule has 3 atom stereocenters. The second kappa shape index (κ2) is 6.09. The van der Waals surface area contributed by atoms with Gasteiger partial charge in [0.25, 0.3) is 5.56 Å². The number of hydrogen-bond acceptors (Lipinski definition) is 6. The minimum Gasteiger partial charge on any atom is -0.390 e. The van der Waals surface area contributed by atoms with Crippen LogP contribution in [-0.4, -0.2) is 64.3 Å². The molecule has 2 saturated heterocycles. The Bertz CT molecular complexity index is 838. The van der Waals surface area contributed by atoms with E-state index in [0.29, 0.717) is 31.8 Å². The molecule has 0 radical (unpaired) electrons. The SMILES string of the molecule is O=c1cc(N2CC3CC2CO3)nc2n1CC[C@@H](C(F)(F)F)N2CCC1(O)CC1. The maximum Gasteiger partial charge on any atom is 0.408 e. The number of aromatic nitrogens is 2. The predicted molar refractivity (Wildman–Crippen MR) is 94.6 cm³/mol. The molecule has 4 aliphatic rings. The summed E-state index contributed by atoms with van der Waals surface area (Å²) in [7, 11) is 0. The predicted octanol–water partition coefficient (Wildman–Crippen LogP) is 1.28. The Morgan fingerprint density at radius 3 is 2.75 bits per heavy atom. The van der Waals surface area contributed by atoms with E-state index < -0.39 is 17.8 Å². The van der Waals surface area contributed by atoms with Gasteiger partial charge in [0.05, 0.1) is 24.4 Å². The first-order chi connectivity index (χ1) is 13.2. The number of ether oxygens (including phenoxy) is 1. The highest BCUT2D eigenvalue weighted by atomic mass is 19.4. The molecule has 0 spiro atoms. The summed E-state index contributed by atoms with van der Waals surface area (Å²) in [4.78, 5) is 20.3. The average Bonchev–Trinajstić information content (AvgIpc) is 3.05. The molecule has 3 fully saturated rings. The first kappa shape index (κ1) is 18.2. The lowest BCUT2D eigenvalue weighted by Gasteiger charge is -2.40. The first-order valence-electron chi connectivity index (χ1n) is 9.79. The van der Waals surface area contributed by atoms with Crippen molar-refractivity contribution in [1.82, 2.24) is 9.55 Å². The van der Waals surface area contributed by atoms with Crippen molar-refractivity contribution in [3.05, 3.63) is 16.4 Å². The van der Waals surface area contributed by atoms with Crippen LogP contribution < -0.4 is 15.4 Å². The van der Waals surface area contributed by atoms with Gasteiger partial charge in [-0.15, -0.1) is 0 Å². The number of rotatable bonds is 4. The third-order valence-electron chi connectivity index (χ3n) is 6.45. The number of morpholine rings is 1. The molecule has 3 aliphatic heterocycles. The fourth-order valence-electron chi connectivity index (χ4n) is 4.60. The number of alkyl halides is 3. The molecule has 4 heterocycles. The summed E-state index contributed by atoms with van der Waals surface area (Å²) >= 11 is 0. The van der Waals surface area contributed by atoms with E-state index in [1.807, 2.05) is 4.90 Å². The lowest BCUT2D eigenvalue weighted by Crippen LogP contribution is -2.53. The Hall–Kier alpha value is -1.81. The molecule has 2 bridgehead atoms. The molecule has 0 aromatic carbocycles. The van der Waals surface area contributed by atoms with E-state index in [2.05, 4.69) is 4.98 Å². The quantitative estimate of drug-likeness (QED) is 0.821. The van der Waals surface area contributed by atoms with Gasteiger partial charge in [0.2, 0.25) is 5.95 Å². The van der Waals surface area contributed by atoms with E-state index >= 15 is 0 Å². The molecule has 7 nitrogen and oxygen atoms in total. The fourth-order valence-corrected chi connectivity index (χ4v) is 4.60. The van der Waals surface area contributed by atoms with Crippen molar-refractivity contribution in [2.45, 2.75) is 68.6 Å². The van der Waals surface area contributed by atoms with E-state index in [9.17, 15) is 23.1 Å². The fraction of sp³-hybridized carbons (Fsp3) is 0.778. The lowest BCUT2D eigenvalue weighted by atomic mass is 10.1. The van der Waals surface area contributed by atoms with Crippen LogP contribution >= 0.6 is 0 Å². The highest BCUT2D eigenvalue weighted by Gasteiger charge is 2.49. The Morgan fingerprint density at radius 1 is 1.36 bits per heavy atom. The normalized spacial score (nSPS) is 30.6. The summed E-state index contributed by atoms with van der Waals surface area (Å²) in [5, 5.41) is 10.1. The van der Waals surface area contributed by atoms with Gasteiger partial charge < -0.3 is 19.6 Å². The second-order valence-corrected chi connectivity index (χ2v) is 8.42. The van der Waals surface area contributed by atoms with Gasteiger partial charge in [-0.25, -0.2) is 0 Å². The molecule has 1 aromatic rings. The van der Waals surface area contributed by atoms with Crippen molar-refractivity contribution in [3.8, 4) is 0 Å². The van der Waals surface area contributed by atoms with E-state index in [-0.39, 0.29) is 49.6 Å². The van der Waals surface area contributed by atoms with Crippen LogP contribution in [0.25, 0.3) is 0 Å². The highest BCUT2D eigenvalue weighted by Crippen LogP contribution is 2.41. The molecular formula is C18H23F3N4O3. The molecule has 154 valence electrons. The smallest absolute Gasteiger partial charge is 0.390 e. The van der Waals surface area contributed by atoms with Crippen molar-refractivity contribution >= 4 is 11.8 Å². The van der Waals surface area contributed by atoms with Gasteiger partial charge in [-0.1, -0.05) is 0 Å². The number of fused-ring (bicyclic) bond motifs is 3. The Kier molecular flexibility index (Phi) is 3.97. The van der Waals surface area contributed by atoms with Crippen LogP contribution in [0.5, 0.6) is 0 Å². The van der Waals surface area contributed by atoms with Gasteiger partial charge in [0, 0.05) is 25.7 Å². The van der Waals surface area contributed by atoms with Crippen LogP contribution in [0.1, 0.15) is 32.1 Å². The third-order valence-corrected chi connectivity index (χ3v) is 6.45. The zero-order valence-electron chi connectivity index (χ0n) is 15.4. The van der Waals surface area contributed by atoms with Gasteiger partial charge in [-0.3, -0.25) is 9.36 Å². The van der Waals surface area contributed by atoms with Crippen LogP contribution in [-0.2, 0) is 11.3 Å². The molecule has 10 heteroatoms. The molecule has 5 rings (SSSR count). The van der Waals surface area contributed by atoms with E-state index in [1.165, 1.54) is 15.5 Å². The Labute approximate surface area is 159 Å². The Morgan fingerprint density at radius 2 is 2.14 bits per heavy atom. The van der Waals surface area contributed by atoms with Gasteiger partial charge in [0.1, 0.15) is 11.9 Å². The van der Waals surface area contributed by atoms with Crippen molar-refractivity contribution in [3.63, 3.8) is 0 Å². The van der Waals surface area contributed by atoms with Crippen LogP contribution in [0.15, 0.2) is 10.9 Å². The van der Waals surface area contributed by atoms with Crippen molar-refractivity contribution < 1.29 is 23.0 Å². The van der Waals surface area contributed by atoms with E-state index in [0.717, 1.165) is 6.42 Å². The van der Waals surface area contributed by atoms with Gasteiger partial charge in [0.15, 0.2) is 0 Å². The number of halogens is 3. The molecule has 1 aromatic heterocycles. The number of nitrogens with zero attached hydrogens (tertiary/aromatic N) is 4. The first-order valence-corrected chi connectivity index (χ1v) is 9.79. The number of hydrogen-bond donors (Lipinski definition) is 1. The molecule has 28 heavy (non-hydrogen) atoms. The molecule has 1 aliphatic carbocycles. The largest absolute Gasteiger partial charge is 0.408 e. The number of aliphatic hydroxyl groups is 1. The summed E-state index contributed by atoms with van der Waals surface area (Å²) in [5.41, 5.74) is -1.21. The maximum atomic E-state index is 13.7. The summed E-state index contributed by atoms with van der Waals surface area (Å²) in [6, 6.07) is -0.164. The minimum atomic E-state index is -4.42. The summed E-state index contributed by atoms with van der Waals surface area (Å²) in [6.07, 6.45) is -2.23. The van der Waals surface area contributed by atoms with Gasteiger partial charge >= 0.3 is 6.18 Å². The molecule has 0 amide bonds. The maximum absolute atomic E-state index is 13.7. The van der Waals surface area contributed by atoms with Gasteiger partial charge in [-0.05, 0) is 32.1 Å².